The number of aromatic nitrogens is 1. The summed E-state index contributed by atoms with van der Waals surface area (Å²) < 4.78 is 4.87. The van der Waals surface area contributed by atoms with Crippen LogP contribution in [0.1, 0.15) is 35.8 Å². The zero-order valence-corrected chi connectivity index (χ0v) is 9.81. The molecule has 0 N–H and O–H groups in total. The lowest BCUT2D eigenvalue weighted by Crippen LogP contribution is -2.26. The lowest BCUT2D eigenvalue weighted by atomic mass is 9.83. The molecule has 90 valence electrons. The normalized spacial score (nSPS) is 18.6. The number of nitrogens with zero attached hydrogens (tertiary/aromatic N) is 1. The molecule has 0 saturated carbocycles. The van der Waals surface area contributed by atoms with Gasteiger partial charge in [0.1, 0.15) is 0 Å². The highest BCUT2D eigenvalue weighted by Crippen LogP contribution is 2.26. The van der Waals surface area contributed by atoms with Crippen LogP contribution in [-0.4, -0.2) is 23.3 Å². The maximum absolute atomic E-state index is 12.1. The van der Waals surface area contributed by atoms with Crippen LogP contribution in [0, 0.1) is 5.92 Å². The Kier molecular flexibility index (Phi) is 3.52. The summed E-state index contributed by atoms with van der Waals surface area (Å²) >= 11 is 0. The van der Waals surface area contributed by atoms with Gasteiger partial charge in [-0.2, -0.15) is 0 Å². The number of Topliss-reactive ketones (excluding diaryl/α,β-unsaturated/α-hetero) is 1. The van der Waals surface area contributed by atoms with E-state index < -0.39 is 0 Å². The van der Waals surface area contributed by atoms with Crippen molar-refractivity contribution in [3.05, 3.63) is 29.6 Å². The minimum absolute atomic E-state index is 0.0207. The zero-order valence-electron chi connectivity index (χ0n) is 9.81. The number of ether oxygens (including phenoxy) is 1. The molecule has 0 fully saturated rings. The molecular formula is C13H15NO3. The van der Waals surface area contributed by atoms with Crippen LogP contribution in [0.5, 0.6) is 0 Å². The van der Waals surface area contributed by atoms with Crippen LogP contribution in [0.25, 0.3) is 0 Å². The molecule has 0 radical (unpaired) electrons. The van der Waals surface area contributed by atoms with E-state index in [1.807, 2.05) is 0 Å². The fourth-order valence-electron chi connectivity index (χ4n) is 2.14. The summed E-state index contributed by atoms with van der Waals surface area (Å²) in [6, 6.07) is 3.53. The molecule has 0 aromatic carbocycles. The average molecular weight is 233 g/mol. The summed E-state index contributed by atoms with van der Waals surface area (Å²) in [6.07, 6.45) is 3.31. The van der Waals surface area contributed by atoms with Gasteiger partial charge in [0.25, 0.3) is 0 Å². The summed E-state index contributed by atoms with van der Waals surface area (Å²) in [6.45, 7) is 2.12. The van der Waals surface area contributed by atoms with E-state index in [4.69, 9.17) is 4.74 Å². The Morgan fingerprint density at radius 3 is 3.18 bits per heavy atom. The highest BCUT2D eigenvalue weighted by molar-refractivity contribution is 6.01. The number of ketones is 1. The zero-order chi connectivity index (χ0) is 12.3. The fourth-order valence-corrected chi connectivity index (χ4v) is 2.14. The first-order valence-corrected chi connectivity index (χ1v) is 5.86. The molecule has 0 aliphatic heterocycles. The second-order valence-corrected chi connectivity index (χ2v) is 4.11. The van der Waals surface area contributed by atoms with Crippen molar-refractivity contribution in [3.63, 3.8) is 0 Å². The topological polar surface area (TPSA) is 56.3 Å². The molecule has 0 bridgehead atoms. The molecule has 17 heavy (non-hydrogen) atoms. The van der Waals surface area contributed by atoms with Gasteiger partial charge >= 0.3 is 5.97 Å². The monoisotopic (exact) mass is 233 g/mol. The fraction of sp³-hybridized carbons (Fsp3) is 0.462. The number of fused-ring (bicyclic) bond motifs is 1. The molecule has 1 atom stereocenters. The maximum Gasteiger partial charge on any atom is 0.306 e. The van der Waals surface area contributed by atoms with Gasteiger partial charge in [0.15, 0.2) is 5.78 Å². The van der Waals surface area contributed by atoms with Gasteiger partial charge < -0.3 is 4.74 Å². The number of hydrogen-bond donors (Lipinski definition) is 0. The van der Waals surface area contributed by atoms with Crippen molar-refractivity contribution < 1.29 is 14.3 Å². The van der Waals surface area contributed by atoms with Crippen LogP contribution in [0.2, 0.25) is 0 Å². The third-order valence-electron chi connectivity index (χ3n) is 2.97. The molecule has 4 nitrogen and oxygen atoms in total. The molecule has 1 heterocycles. The molecule has 1 aliphatic rings. The Balaban J connectivity index is 2.10. The van der Waals surface area contributed by atoms with Gasteiger partial charge in [-0.05, 0) is 31.9 Å². The highest BCUT2D eigenvalue weighted by Gasteiger charge is 2.29. The van der Waals surface area contributed by atoms with E-state index in [1.165, 1.54) is 0 Å². The highest BCUT2D eigenvalue weighted by atomic mass is 16.5. The van der Waals surface area contributed by atoms with Gasteiger partial charge in [-0.15, -0.1) is 0 Å². The standard InChI is InChI=1S/C13H15NO3/c1-2-17-12(15)8-9-5-6-11-10(13(9)16)4-3-7-14-11/h3-4,7,9H,2,5-6,8H2,1H3. The van der Waals surface area contributed by atoms with Crippen molar-refractivity contribution in [2.45, 2.75) is 26.2 Å². The number of pyridine rings is 1. The average Bonchev–Trinajstić information content (AvgIpc) is 2.33. The van der Waals surface area contributed by atoms with E-state index >= 15 is 0 Å². The van der Waals surface area contributed by atoms with Gasteiger partial charge in [0, 0.05) is 17.7 Å². The quantitative estimate of drug-likeness (QED) is 0.747. The van der Waals surface area contributed by atoms with Crippen molar-refractivity contribution >= 4 is 11.8 Å². The van der Waals surface area contributed by atoms with Gasteiger partial charge in [0.2, 0.25) is 0 Å². The Hall–Kier alpha value is -1.71. The third kappa shape index (κ3) is 2.52. The Labute approximate surface area is 100 Å². The predicted octanol–water partition coefficient (Wildman–Crippen LogP) is 1.78. The van der Waals surface area contributed by atoms with Gasteiger partial charge in [-0.1, -0.05) is 0 Å². The number of esters is 1. The summed E-state index contributed by atoms with van der Waals surface area (Å²) in [7, 11) is 0. The Bertz CT molecular complexity index is 442. The summed E-state index contributed by atoms with van der Waals surface area (Å²) in [5.74, 6) is -0.517. The molecule has 1 aromatic heterocycles. The van der Waals surface area contributed by atoms with Crippen LogP contribution in [0.3, 0.4) is 0 Å². The van der Waals surface area contributed by atoms with E-state index in [9.17, 15) is 9.59 Å². The Morgan fingerprint density at radius 1 is 1.59 bits per heavy atom. The smallest absolute Gasteiger partial charge is 0.306 e. The van der Waals surface area contributed by atoms with Crippen molar-refractivity contribution in [3.8, 4) is 0 Å². The first-order valence-electron chi connectivity index (χ1n) is 5.86. The number of aryl methyl sites for hydroxylation is 1. The molecule has 0 amide bonds. The van der Waals surface area contributed by atoms with Gasteiger partial charge in [0.05, 0.1) is 18.7 Å². The molecule has 2 rings (SSSR count). The first-order chi connectivity index (χ1) is 8.22. The molecule has 1 aromatic rings. The summed E-state index contributed by atoms with van der Waals surface area (Å²) in [5, 5.41) is 0. The molecule has 1 unspecified atom stereocenters. The van der Waals surface area contributed by atoms with Crippen molar-refractivity contribution in [2.24, 2.45) is 5.92 Å². The minimum atomic E-state index is -0.293. The van der Waals surface area contributed by atoms with E-state index in [0.717, 1.165) is 12.1 Å². The second-order valence-electron chi connectivity index (χ2n) is 4.11. The van der Waals surface area contributed by atoms with Gasteiger partial charge in [-0.25, -0.2) is 0 Å². The molecule has 0 saturated heterocycles. The van der Waals surface area contributed by atoms with Gasteiger partial charge in [-0.3, -0.25) is 14.6 Å². The number of carbonyl (C=O) groups is 2. The van der Waals surface area contributed by atoms with E-state index in [2.05, 4.69) is 4.98 Å². The van der Waals surface area contributed by atoms with Crippen LogP contribution in [-0.2, 0) is 16.0 Å². The molecule has 4 heteroatoms. The van der Waals surface area contributed by atoms with Crippen molar-refractivity contribution in [1.82, 2.24) is 4.98 Å². The number of carbonyl (C=O) groups excluding carboxylic acids is 2. The van der Waals surface area contributed by atoms with Crippen LogP contribution in [0.15, 0.2) is 18.3 Å². The molecule has 0 spiro atoms. The number of hydrogen-bond acceptors (Lipinski definition) is 4. The molecular weight excluding hydrogens is 218 g/mol. The SMILES string of the molecule is CCOC(=O)CC1CCc2ncccc2C1=O. The first kappa shape index (κ1) is 11.8. The van der Waals surface area contributed by atoms with Crippen molar-refractivity contribution in [2.75, 3.05) is 6.61 Å². The predicted molar refractivity (Wildman–Crippen MR) is 61.6 cm³/mol. The van der Waals surface area contributed by atoms with E-state index in [1.54, 1.807) is 25.3 Å². The maximum atomic E-state index is 12.1. The van der Waals surface area contributed by atoms with E-state index in [-0.39, 0.29) is 24.1 Å². The minimum Gasteiger partial charge on any atom is -0.466 e. The lowest BCUT2D eigenvalue weighted by molar-refractivity contribution is -0.144. The van der Waals surface area contributed by atoms with Crippen LogP contribution >= 0.6 is 0 Å². The lowest BCUT2D eigenvalue weighted by Gasteiger charge is -2.21. The second kappa shape index (κ2) is 5.08. The summed E-state index contributed by atoms with van der Waals surface area (Å²) in [5.41, 5.74) is 1.51. The van der Waals surface area contributed by atoms with Crippen LogP contribution in [0.4, 0.5) is 0 Å². The van der Waals surface area contributed by atoms with Crippen LogP contribution < -0.4 is 0 Å². The summed E-state index contributed by atoms with van der Waals surface area (Å²) in [4.78, 5) is 27.7. The van der Waals surface area contributed by atoms with E-state index in [0.29, 0.717) is 18.6 Å². The molecule has 1 aliphatic carbocycles. The number of rotatable bonds is 3. The largest absolute Gasteiger partial charge is 0.466 e. The van der Waals surface area contributed by atoms with Crippen molar-refractivity contribution in [1.29, 1.82) is 0 Å². The third-order valence-corrected chi connectivity index (χ3v) is 2.97. The Morgan fingerprint density at radius 2 is 2.41 bits per heavy atom.